The molecule has 0 saturated carbocycles. The zero-order valence-corrected chi connectivity index (χ0v) is 10.7. The molecular weight excluding hydrogens is 259 g/mol. The van der Waals surface area contributed by atoms with Gasteiger partial charge in [-0.05, 0) is 30.3 Å². The molecule has 0 N–H and O–H groups in total. The average molecular weight is 270 g/mol. The van der Waals surface area contributed by atoms with Crippen molar-refractivity contribution in [3.8, 4) is 28.7 Å². The molecule has 0 amide bonds. The van der Waals surface area contributed by atoms with Crippen molar-refractivity contribution in [3.63, 3.8) is 0 Å². The first-order chi connectivity index (χ1) is 9.78. The first-order valence-electron chi connectivity index (χ1n) is 6.01. The summed E-state index contributed by atoms with van der Waals surface area (Å²) in [6.45, 7) is 0. The van der Waals surface area contributed by atoms with Gasteiger partial charge >= 0.3 is 0 Å². The maximum absolute atomic E-state index is 13.7. The van der Waals surface area contributed by atoms with E-state index in [1.165, 1.54) is 19.2 Å². The van der Waals surface area contributed by atoms with Crippen molar-refractivity contribution in [2.45, 2.75) is 0 Å². The highest BCUT2D eigenvalue weighted by atomic mass is 19.1. The van der Waals surface area contributed by atoms with Crippen LogP contribution in [0, 0.1) is 5.82 Å². The van der Waals surface area contributed by atoms with Gasteiger partial charge in [0.2, 0.25) is 11.8 Å². The minimum Gasteiger partial charge on any atom is -0.494 e. The van der Waals surface area contributed by atoms with Crippen molar-refractivity contribution in [1.29, 1.82) is 0 Å². The molecule has 0 atom stereocenters. The van der Waals surface area contributed by atoms with Crippen LogP contribution in [0.15, 0.2) is 52.9 Å². The van der Waals surface area contributed by atoms with Gasteiger partial charge in [-0.25, -0.2) is 4.39 Å². The van der Waals surface area contributed by atoms with Crippen molar-refractivity contribution in [3.05, 3.63) is 54.3 Å². The fourth-order valence-corrected chi connectivity index (χ4v) is 1.84. The summed E-state index contributed by atoms with van der Waals surface area (Å²) in [7, 11) is 1.41. The van der Waals surface area contributed by atoms with E-state index in [9.17, 15) is 4.39 Å². The molecule has 0 unspecified atom stereocenters. The van der Waals surface area contributed by atoms with Gasteiger partial charge in [-0.2, -0.15) is 0 Å². The Morgan fingerprint density at radius 3 is 2.30 bits per heavy atom. The minimum absolute atomic E-state index is 0.177. The van der Waals surface area contributed by atoms with Gasteiger partial charge in [0.15, 0.2) is 11.6 Å². The van der Waals surface area contributed by atoms with Crippen LogP contribution in [0.5, 0.6) is 5.75 Å². The van der Waals surface area contributed by atoms with E-state index in [4.69, 9.17) is 9.15 Å². The topological polar surface area (TPSA) is 48.2 Å². The second-order valence-corrected chi connectivity index (χ2v) is 4.13. The van der Waals surface area contributed by atoms with Crippen LogP contribution < -0.4 is 4.74 Å². The average Bonchev–Trinajstić information content (AvgIpc) is 2.98. The molecule has 5 heteroatoms. The summed E-state index contributed by atoms with van der Waals surface area (Å²) in [5, 5.41) is 7.90. The van der Waals surface area contributed by atoms with Gasteiger partial charge in [-0.3, -0.25) is 0 Å². The maximum Gasteiger partial charge on any atom is 0.248 e. The second kappa shape index (κ2) is 5.13. The summed E-state index contributed by atoms with van der Waals surface area (Å²) in [6.07, 6.45) is 0. The molecule has 1 heterocycles. The van der Waals surface area contributed by atoms with Crippen LogP contribution in [-0.2, 0) is 0 Å². The van der Waals surface area contributed by atoms with Crippen LogP contribution in [0.4, 0.5) is 4.39 Å². The number of methoxy groups -OCH3 is 1. The predicted molar refractivity (Wildman–Crippen MR) is 71.7 cm³/mol. The summed E-state index contributed by atoms with van der Waals surface area (Å²) in [4.78, 5) is 0. The SMILES string of the molecule is COc1ccc(-c2nnc(-c3ccccc3)o2)cc1F. The first-order valence-corrected chi connectivity index (χ1v) is 6.01. The number of nitrogens with zero attached hydrogens (tertiary/aromatic N) is 2. The van der Waals surface area contributed by atoms with Gasteiger partial charge in [0.1, 0.15) is 0 Å². The van der Waals surface area contributed by atoms with Crippen molar-refractivity contribution in [1.82, 2.24) is 10.2 Å². The number of aromatic nitrogens is 2. The van der Waals surface area contributed by atoms with E-state index in [0.29, 0.717) is 11.5 Å². The van der Waals surface area contributed by atoms with Crippen molar-refractivity contribution < 1.29 is 13.5 Å². The second-order valence-electron chi connectivity index (χ2n) is 4.13. The van der Waals surface area contributed by atoms with Crippen LogP contribution in [0.3, 0.4) is 0 Å². The van der Waals surface area contributed by atoms with E-state index in [1.54, 1.807) is 6.07 Å². The molecular formula is C15H11FN2O2. The van der Waals surface area contributed by atoms with Crippen LogP contribution in [0.1, 0.15) is 0 Å². The molecule has 3 rings (SSSR count). The monoisotopic (exact) mass is 270 g/mol. The normalized spacial score (nSPS) is 10.5. The number of halogens is 1. The number of hydrogen-bond donors (Lipinski definition) is 0. The summed E-state index contributed by atoms with van der Waals surface area (Å²) in [6, 6.07) is 13.9. The maximum atomic E-state index is 13.7. The fourth-order valence-electron chi connectivity index (χ4n) is 1.84. The Labute approximate surface area is 114 Å². The van der Waals surface area contributed by atoms with E-state index in [2.05, 4.69) is 10.2 Å². The number of ether oxygens (including phenoxy) is 1. The zero-order chi connectivity index (χ0) is 13.9. The molecule has 1 aromatic heterocycles. The van der Waals surface area contributed by atoms with Crippen LogP contribution in [0.2, 0.25) is 0 Å². The number of benzene rings is 2. The molecule has 0 aliphatic carbocycles. The number of rotatable bonds is 3. The lowest BCUT2D eigenvalue weighted by Gasteiger charge is -2.01. The molecule has 0 aliphatic rings. The number of hydrogen-bond acceptors (Lipinski definition) is 4. The zero-order valence-electron chi connectivity index (χ0n) is 10.7. The highest BCUT2D eigenvalue weighted by Gasteiger charge is 2.12. The lowest BCUT2D eigenvalue weighted by atomic mass is 10.2. The Morgan fingerprint density at radius 1 is 0.950 bits per heavy atom. The van der Waals surface area contributed by atoms with Crippen molar-refractivity contribution >= 4 is 0 Å². The third-order valence-electron chi connectivity index (χ3n) is 2.84. The van der Waals surface area contributed by atoms with E-state index in [-0.39, 0.29) is 11.6 Å². The molecule has 0 fully saturated rings. The quantitative estimate of drug-likeness (QED) is 0.730. The van der Waals surface area contributed by atoms with Crippen molar-refractivity contribution in [2.75, 3.05) is 7.11 Å². The standard InChI is InChI=1S/C15H11FN2O2/c1-19-13-8-7-11(9-12(13)16)15-18-17-14(20-15)10-5-3-2-4-6-10/h2-9H,1H3. The van der Waals surface area contributed by atoms with E-state index in [1.807, 2.05) is 30.3 Å². The molecule has 0 bridgehead atoms. The van der Waals surface area contributed by atoms with Gasteiger partial charge in [-0.15, -0.1) is 10.2 Å². The van der Waals surface area contributed by atoms with Gasteiger partial charge in [0.25, 0.3) is 0 Å². The summed E-state index contributed by atoms with van der Waals surface area (Å²) < 4.78 is 24.1. The predicted octanol–water partition coefficient (Wildman–Crippen LogP) is 3.55. The largest absolute Gasteiger partial charge is 0.494 e. The molecule has 2 aromatic carbocycles. The highest BCUT2D eigenvalue weighted by Crippen LogP contribution is 2.27. The lowest BCUT2D eigenvalue weighted by Crippen LogP contribution is -1.88. The Morgan fingerprint density at radius 2 is 1.65 bits per heavy atom. The molecule has 0 saturated heterocycles. The Balaban J connectivity index is 1.96. The van der Waals surface area contributed by atoms with E-state index >= 15 is 0 Å². The molecule has 100 valence electrons. The van der Waals surface area contributed by atoms with Gasteiger partial charge < -0.3 is 9.15 Å². The van der Waals surface area contributed by atoms with Crippen LogP contribution in [-0.4, -0.2) is 17.3 Å². The van der Waals surface area contributed by atoms with Crippen LogP contribution >= 0.6 is 0 Å². The first kappa shape index (κ1) is 12.3. The third-order valence-corrected chi connectivity index (χ3v) is 2.84. The summed E-state index contributed by atoms with van der Waals surface area (Å²) >= 11 is 0. The summed E-state index contributed by atoms with van der Waals surface area (Å²) in [5.41, 5.74) is 1.33. The van der Waals surface area contributed by atoms with Crippen LogP contribution in [0.25, 0.3) is 22.9 Å². The van der Waals surface area contributed by atoms with Gasteiger partial charge in [0, 0.05) is 11.1 Å². The molecule has 0 spiro atoms. The smallest absolute Gasteiger partial charge is 0.248 e. The molecule has 20 heavy (non-hydrogen) atoms. The lowest BCUT2D eigenvalue weighted by molar-refractivity contribution is 0.386. The third kappa shape index (κ3) is 2.25. The highest BCUT2D eigenvalue weighted by molar-refractivity contribution is 5.58. The molecule has 4 nitrogen and oxygen atoms in total. The fraction of sp³-hybridized carbons (Fsp3) is 0.0667. The van der Waals surface area contributed by atoms with Gasteiger partial charge in [0.05, 0.1) is 7.11 Å². The van der Waals surface area contributed by atoms with Crippen molar-refractivity contribution in [2.24, 2.45) is 0 Å². The Kier molecular flexibility index (Phi) is 3.16. The summed E-state index contributed by atoms with van der Waals surface area (Å²) in [5.74, 6) is 0.378. The van der Waals surface area contributed by atoms with E-state index < -0.39 is 5.82 Å². The molecule has 0 radical (unpaired) electrons. The molecule has 3 aromatic rings. The Bertz CT molecular complexity index is 726. The van der Waals surface area contributed by atoms with E-state index in [0.717, 1.165) is 5.56 Å². The molecule has 0 aliphatic heterocycles. The van der Waals surface area contributed by atoms with Gasteiger partial charge in [-0.1, -0.05) is 18.2 Å². The Hall–Kier alpha value is -2.69. The minimum atomic E-state index is -0.468.